The molecule has 0 bridgehead atoms. The van der Waals surface area contributed by atoms with Crippen molar-refractivity contribution in [3.63, 3.8) is 0 Å². The lowest BCUT2D eigenvalue weighted by molar-refractivity contribution is -0.129. The number of halogens is 3. The van der Waals surface area contributed by atoms with E-state index in [1.807, 2.05) is 30.3 Å². The summed E-state index contributed by atoms with van der Waals surface area (Å²) in [5, 5.41) is -1.36. The van der Waals surface area contributed by atoms with Crippen LogP contribution >= 0.6 is 11.8 Å². The molecule has 0 heterocycles. The van der Waals surface area contributed by atoms with Gasteiger partial charge in [0.25, 0.3) is 0 Å². The van der Waals surface area contributed by atoms with Crippen molar-refractivity contribution in [3.05, 3.63) is 35.9 Å². The Balaban J connectivity index is 2.51. The van der Waals surface area contributed by atoms with E-state index in [0.717, 1.165) is 17.3 Å². The molecular formula is C11H14F3NS. The van der Waals surface area contributed by atoms with Gasteiger partial charge >= 0.3 is 6.18 Å². The lowest BCUT2D eigenvalue weighted by atomic mass is 10.2. The summed E-state index contributed by atoms with van der Waals surface area (Å²) in [5.74, 6) is 0.366. The first-order valence-corrected chi connectivity index (χ1v) is 6.01. The summed E-state index contributed by atoms with van der Waals surface area (Å²) in [6.07, 6.45) is -4.19. The Morgan fingerprint density at radius 2 is 1.81 bits per heavy atom. The quantitative estimate of drug-likeness (QED) is 0.867. The maximum Gasteiger partial charge on any atom is 0.400 e. The number of alkyl halides is 3. The Morgan fingerprint density at radius 3 is 2.31 bits per heavy atom. The zero-order valence-electron chi connectivity index (χ0n) is 8.70. The van der Waals surface area contributed by atoms with Crippen molar-refractivity contribution in [2.24, 2.45) is 5.73 Å². The molecule has 0 aliphatic rings. The first-order chi connectivity index (χ1) is 7.54. The summed E-state index contributed by atoms with van der Waals surface area (Å²) in [5.41, 5.74) is 6.08. The van der Waals surface area contributed by atoms with Gasteiger partial charge in [0.05, 0.1) is 0 Å². The van der Waals surface area contributed by atoms with Gasteiger partial charge in [0.1, 0.15) is 5.25 Å². The molecule has 1 rings (SSSR count). The van der Waals surface area contributed by atoms with Crippen LogP contribution in [0.25, 0.3) is 0 Å². The molecule has 1 aromatic rings. The number of benzene rings is 1. The first kappa shape index (κ1) is 13.4. The van der Waals surface area contributed by atoms with Crippen LogP contribution in [0.1, 0.15) is 12.0 Å². The van der Waals surface area contributed by atoms with E-state index >= 15 is 0 Å². The van der Waals surface area contributed by atoms with Gasteiger partial charge in [-0.25, -0.2) is 0 Å². The highest BCUT2D eigenvalue weighted by molar-refractivity contribution is 7.99. The summed E-state index contributed by atoms with van der Waals surface area (Å²) >= 11 is 0.901. The smallest absolute Gasteiger partial charge is 0.330 e. The molecule has 16 heavy (non-hydrogen) atoms. The van der Waals surface area contributed by atoms with Crippen LogP contribution in [0, 0.1) is 0 Å². The minimum absolute atomic E-state index is 0.0268. The first-order valence-electron chi connectivity index (χ1n) is 4.96. The molecule has 5 heteroatoms. The van der Waals surface area contributed by atoms with Gasteiger partial charge in [-0.2, -0.15) is 13.2 Å². The molecule has 0 aromatic heterocycles. The molecule has 1 unspecified atom stereocenters. The van der Waals surface area contributed by atoms with E-state index in [-0.39, 0.29) is 13.0 Å². The lowest BCUT2D eigenvalue weighted by Gasteiger charge is -2.18. The van der Waals surface area contributed by atoms with Crippen LogP contribution in [0.3, 0.4) is 0 Å². The van der Waals surface area contributed by atoms with Gasteiger partial charge in [-0.05, 0) is 18.5 Å². The summed E-state index contributed by atoms with van der Waals surface area (Å²) in [6.45, 7) is 0.0615. The number of rotatable bonds is 5. The van der Waals surface area contributed by atoms with Crippen LogP contribution in [0.15, 0.2) is 30.3 Å². The molecule has 0 fully saturated rings. The Bertz CT molecular complexity index is 300. The molecule has 0 aliphatic heterocycles. The third-order valence-corrected chi connectivity index (χ3v) is 3.49. The molecule has 90 valence electrons. The fourth-order valence-corrected chi connectivity index (χ4v) is 2.34. The summed E-state index contributed by atoms with van der Waals surface area (Å²) < 4.78 is 37.6. The second-order valence-corrected chi connectivity index (χ2v) is 4.60. The molecule has 0 amide bonds. The summed E-state index contributed by atoms with van der Waals surface area (Å²) in [4.78, 5) is 0. The summed E-state index contributed by atoms with van der Waals surface area (Å²) in [7, 11) is 0. The molecule has 0 saturated heterocycles. The molecule has 1 nitrogen and oxygen atoms in total. The molecule has 1 atom stereocenters. The van der Waals surface area contributed by atoms with Crippen LogP contribution in [-0.4, -0.2) is 18.0 Å². The van der Waals surface area contributed by atoms with E-state index in [1.54, 1.807) is 0 Å². The van der Waals surface area contributed by atoms with Gasteiger partial charge in [-0.3, -0.25) is 0 Å². The van der Waals surface area contributed by atoms with Crippen LogP contribution < -0.4 is 5.73 Å². The largest absolute Gasteiger partial charge is 0.400 e. The topological polar surface area (TPSA) is 26.0 Å². The Morgan fingerprint density at radius 1 is 1.19 bits per heavy atom. The van der Waals surface area contributed by atoms with Crippen molar-refractivity contribution in [3.8, 4) is 0 Å². The van der Waals surface area contributed by atoms with E-state index in [4.69, 9.17) is 5.73 Å². The fourth-order valence-electron chi connectivity index (χ4n) is 1.26. The highest BCUT2D eigenvalue weighted by atomic mass is 32.2. The zero-order valence-corrected chi connectivity index (χ0v) is 9.52. The zero-order chi connectivity index (χ0) is 12.0. The SMILES string of the molecule is NCCC(SCc1ccccc1)C(F)(F)F. The monoisotopic (exact) mass is 249 g/mol. The summed E-state index contributed by atoms with van der Waals surface area (Å²) in [6, 6.07) is 9.13. The molecule has 0 aliphatic carbocycles. The minimum atomic E-state index is -4.17. The standard InChI is InChI=1S/C11H14F3NS/c12-11(13,14)10(6-7-15)16-8-9-4-2-1-3-5-9/h1-5,10H,6-8,15H2. The highest BCUT2D eigenvalue weighted by Crippen LogP contribution is 2.34. The number of hydrogen-bond donors (Lipinski definition) is 1. The average molecular weight is 249 g/mol. The molecule has 1 aromatic carbocycles. The second-order valence-electron chi connectivity index (χ2n) is 3.40. The lowest BCUT2D eigenvalue weighted by Crippen LogP contribution is -2.28. The third kappa shape index (κ3) is 4.45. The average Bonchev–Trinajstić information content (AvgIpc) is 2.24. The van der Waals surface area contributed by atoms with Gasteiger partial charge < -0.3 is 5.73 Å². The predicted molar refractivity (Wildman–Crippen MR) is 61.3 cm³/mol. The van der Waals surface area contributed by atoms with Gasteiger partial charge in [-0.1, -0.05) is 30.3 Å². The Labute approximate surface area is 97.2 Å². The second kappa shape index (κ2) is 6.15. The normalized spacial score (nSPS) is 13.8. The van der Waals surface area contributed by atoms with Gasteiger partial charge in [0.2, 0.25) is 0 Å². The molecule has 0 spiro atoms. The van der Waals surface area contributed by atoms with E-state index in [2.05, 4.69) is 0 Å². The maximum absolute atomic E-state index is 12.5. The highest BCUT2D eigenvalue weighted by Gasteiger charge is 2.39. The molecule has 2 N–H and O–H groups in total. The van der Waals surface area contributed by atoms with Gasteiger partial charge in [0.15, 0.2) is 0 Å². The van der Waals surface area contributed by atoms with Crippen LogP contribution in [0.4, 0.5) is 13.2 Å². The van der Waals surface area contributed by atoms with Crippen molar-refractivity contribution >= 4 is 11.8 Å². The maximum atomic E-state index is 12.5. The molecular weight excluding hydrogens is 235 g/mol. The predicted octanol–water partition coefficient (Wildman–Crippen LogP) is 3.20. The number of thioether (sulfide) groups is 1. The molecule has 0 saturated carbocycles. The molecule has 0 radical (unpaired) electrons. The van der Waals surface area contributed by atoms with Crippen molar-refractivity contribution in [2.45, 2.75) is 23.6 Å². The van der Waals surface area contributed by atoms with Crippen LogP contribution in [0.2, 0.25) is 0 Å². The third-order valence-electron chi connectivity index (χ3n) is 2.09. The van der Waals surface area contributed by atoms with E-state index in [0.29, 0.717) is 5.75 Å². The van der Waals surface area contributed by atoms with E-state index < -0.39 is 11.4 Å². The van der Waals surface area contributed by atoms with Crippen molar-refractivity contribution in [1.29, 1.82) is 0 Å². The van der Waals surface area contributed by atoms with E-state index in [1.165, 1.54) is 0 Å². The minimum Gasteiger partial charge on any atom is -0.330 e. The van der Waals surface area contributed by atoms with Crippen molar-refractivity contribution in [1.82, 2.24) is 0 Å². The fraction of sp³-hybridized carbons (Fsp3) is 0.455. The van der Waals surface area contributed by atoms with Crippen LogP contribution in [-0.2, 0) is 5.75 Å². The number of hydrogen-bond acceptors (Lipinski definition) is 2. The Hall–Kier alpha value is -0.680. The Kier molecular flexibility index (Phi) is 5.15. The van der Waals surface area contributed by atoms with Crippen molar-refractivity contribution in [2.75, 3.05) is 6.54 Å². The number of nitrogens with two attached hydrogens (primary N) is 1. The van der Waals surface area contributed by atoms with E-state index in [9.17, 15) is 13.2 Å². The van der Waals surface area contributed by atoms with Gasteiger partial charge in [0, 0.05) is 5.75 Å². The van der Waals surface area contributed by atoms with Crippen molar-refractivity contribution < 1.29 is 13.2 Å². The van der Waals surface area contributed by atoms with Gasteiger partial charge in [-0.15, -0.1) is 11.8 Å². The van der Waals surface area contributed by atoms with Crippen LogP contribution in [0.5, 0.6) is 0 Å².